The average molecular weight is 414 g/mol. The number of carbonyl (C=O) groups excluding carboxylic acids is 2. The largest absolute Gasteiger partial charge is 0.497 e. The van der Waals surface area contributed by atoms with Crippen LogP contribution in [-0.4, -0.2) is 49.3 Å². The van der Waals surface area contributed by atoms with Gasteiger partial charge in [0.15, 0.2) is 0 Å². The van der Waals surface area contributed by atoms with Crippen molar-refractivity contribution in [3.63, 3.8) is 0 Å². The molecule has 0 fully saturated rings. The number of likely N-dealkylation sites (N-methyl/N-ethyl adjacent to an activating group) is 1. The Morgan fingerprint density at radius 3 is 2.66 bits per heavy atom. The van der Waals surface area contributed by atoms with Crippen molar-refractivity contribution in [3.05, 3.63) is 59.1 Å². The molecule has 0 N–H and O–H groups in total. The lowest BCUT2D eigenvalue weighted by Crippen LogP contribution is -2.31. The minimum Gasteiger partial charge on any atom is -0.497 e. The Morgan fingerprint density at radius 1 is 1.10 bits per heavy atom. The number of thiazole rings is 1. The molecule has 0 aliphatic heterocycles. The van der Waals surface area contributed by atoms with E-state index in [2.05, 4.69) is 4.98 Å². The molecule has 0 aliphatic rings. The van der Waals surface area contributed by atoms with Crippen LogP contribution in [-0.2, 0) is 27.3 Å². The predicted molar refractivity (Wildman–Crippen MR) is 110 cm³/mol. The summed E-state index contributed by atoms with van der Waals surface area (Å²) in [6, 6.07) is 15.0. The summed E-state index contributed by atoms with van der Waals surface area (Å²) in [6.07, 6.45) is -0.380. The molecule has 1 heterocycles. The topological polar surface area (TPSA) is 78.0 Å². The van der Waals surface area contributed by atoms with Crippen LogP contribution in [0.3, 0.4) is 0 Å². The molecular formula is C21H22N2O5S. The summed E-state index contributed by atoms with van der Waals surface area (Å²) < 4.78 is 16.6. The molecule has 8 heteroatoms. The van der Waals surface area contributed by atoms with E-state index in [1.54, 1.807) is 14.2 Å². The van der Waals surface area contributed by atoms with Crippen molar-refractivity contribution in [1.29, 1.82) is 0 Å². The summed E-state index contributed by atoms with van der Waals surface area (Å²) in [4.78, 5) is 29.8. The number of fused-ring (bicyclic) bond motifs is 1. The number of aromatic nitrogens is 1. The molecule has 1 aromatic heterocycles. The van der Waals surface area contributed by atoms with Crippen LogP contribution in [0.25, 0.3) is 10.2 Å². The highest BCUT2D eigenvalue weighted by Gasteiger charge is 2.13. The molecule has 3 rings (SSSR count). The molecular weight excluding hydrogens is 392 g/mol. The zero-order chi connectivity index (χ0) is 20.6. The van der Waals surface area contributed by atoms with Crippen LogP contribution < -0.4 is 4.74 Å². The second-order valence-corrected chi connectivity index (χ2v) is 7.42. The van der Waals surface area contributed by atoms with E-state index < -0.39 is 6.09 Å². The van der Waals surface area contributed by atoms with Crippen molar-refractivity contribution in [3.8, 4) is 5.75 Å². The first-order valence-corrected chi connectivity index (χ1v) is 9.87. The number of benzene rings is 2. The number of nitrogens with zero attached hydrogens (tertiary/aromatic N) is 2. The van der Waals surface area contributed by atoms with Crippen LogP contribution in [0.4, 0.5) is 4.79 Å². The Bertz CT molecular complexity index is 974. The highest BCUT2D eigenvalue weighted by atomic mass is 32.1. The second kappa shape index (κ2) is 9.88. The van der Waals surface area contributed by atoms with Crippen molar-refractivity contribution in [1.82, 2.24) is 9.88 Å². The van der Waals surface area contributed by atoms with E-state index in [1.165, 1.54) is 16.2 Å². The van der Waals surface area contributed by atoms with E-state index in [0.29, 0.717) is 5.01 Å². The molecule has 0 atom stereocenters. The number of methoxy groups -OCH3 is 1. The third-order valence-electron chi connectivity index (χ3n) is 4.14. The maximum Gasteiger partial charge on any atom is 0.409 e. The van der Waals surface area contributed by atoms with Crippen LogP contribution in [0.5, 0.6) is 5.75 Å². The van der Waals surface area contributed by atoms with Gasteiger partial charge in [-0.15, -0.1) is 11.3 Å². The van der Waals surface area contributed by atoms with Gasteiger partial charge in [-0.2, -0.15) is 0 Å². The van der Waals surface area contributed by atoms with Gasteiger partial charge in [0.1, 0.15) is 24.0 Å². The lowest BCUT2D eigenvalue weighted by Gasteiger charge is -2.16. The Kier molecular flexibility index (Phi) is 7.02. The number of amides is 1. The van der Waals surface area contributed by atoms with E-state index in [-0.39, 0.29) is 32.1 Å². The van der Waals surface area contributed by atoms with Crippen LogP contribution in [0.1, 0.15) is 10.6 Å². The standard InChI is InChI=1S/C21H22N2O5S/c1-23(21(25)28-14-15-6-4-3-5-7-15)10-11-27-20(24)13-19-22-17-9-8-16(26-2)12-18(17)29-19/h3-9,12H,10-11,13-14H2,1-2H3. The van der Waals surface area contributed by atoms with E-state index in [0.717, 1.165) is 21.5 Å². The first-order valence-electron chi connectivity index (χ1n) is 9.06. The zero-order valence-corrected chi connectivity index (χ0v) is 17.1. The number of carbonyl (C=O) groups is 2. The smallest absolute Gasteiger partial charge is 0.409 e. The summed E-state index contributed by atoms with van der Waals surface area (Å²) in [6.45, 7) is 0.539. The molecule has 0 radical (unpaired) electrons. The fraction of sp³-hybridized carbons (Fsp3) is 0.286. The quantitative estimate of drug-likeness (QED) is 0.524. The lowest BCUT2D eigenvalue weighted by molar-refractivity contribution is -0.143. The molecule has 152 valence electrons. The fourth-order valence-corrected chi connectivity index (χ4v) is 3.53. The van der Waals surface area contributed by atoms with Gasteiger partial charge in [-0.1, -0.05) is 30.3 Å². The number of esters is 1. The maximum atomic E-state index is 12.1. The number of rotatable bonds is 8. The Balaban J connectivity index is 1.40. The second-order valence-electron chi connectivity index (χ2n) is 6.30. The van der Waals surface area contributed by atoms with Crippen LogP contribution >= 0.6 is 11.3 Å². The molecule has 0 spiro atoms. The lowest BCUT2D eigenvalue weighted by atomic mass is 10.2. The summed E-state index contributed by atoms with van der Waals surface area (Å²) >= 11 is 1.43. The van der Waals surface area contributed by atoms with E-state index in [9.17, 15) is 9.59 Å². The molecule has 3 aromatic rings. The van der Waals surface area contributed by atoms with E-state index in [1.807, 2.05) is 48.5 Å². The molecule has 0 bridgehead atoms. The molecule has 0 aliphatic carbocycles. The van der Waals surface area contributed by atoms with E-state index in [4.69, 9.17) is 14.2 Å². The van der Waals surface area contributed by atoms with Crippen molar-refractivity contribution in [2.24, 2.45) is 0 Å². The van der Waals surface area contributed by atoms with Crippen LogP contribution in [0.15, 0.2) is 48.5 Å². The summed E-state index contributed by atoms with van der Waals surface area (Å²) in [5, 5.41) is 0.675. The first-order chi connectivity index (χ1) is 14.0. The predicted octanol–water partition coefficient (Wildman–Crippen LogP) is 3.66. The molecule has 1 amide bonds. The number of hydrogen-bond acceptors (Lipinski definition) is 7. The number of ether oxygens (including phenoxy) is 3. The highest BCUT2D eigenvalue weighted by molar-refractivity contribution is 7.18. The minimum atomic E-state index is -0.468. The fourth-order valence-electron chi connectivity index (χ4n) is 2.55. The van der Waals surface area contributed by atoms with E-state index >= 15 is 0 Å². The molecule has 0 unspecified atom stereocenters. The Labute approximate surface area is 172 Å². The van der Waals surface area contributed by atoms with Crippen molar-refractivity contribution < 1.29 is 23.8 Å². The third-order valence-corrected chi connectivity index (χ3v) is 5.16. The molecule has 0 saturated heterocycles. The summed E-state index contributed by atoms with van der Waals surface area (Å²) in [5.41, 5.74) is 1.73. The van der Waals surface area contributed by atoms with Gasteiger partial charge in [0, 0.05) is 7.05 Å². The number of hydrogen-bond donors (Lipinski definition) is 0. The van der Waals surface area contributed by atoms with Gasteiger partial charge < -0.3 is 19.1 Å². The molecule has 29 heavy (non-hydrogen) atoms. The van der Waals surface area contributed by atoms with Crippen molar-refractivity contribution in [2.75, 3.05) is 27.3 Å². The summed E-state index contributed by atoms with van der Waals surface area (Å²) in [7, 11) is 3.21. The van der Waals surface area contributed by atoms with Gasteiger partial charge in [0.2, 0.25) is 0 Å². The third kappa shape index (κ3) is 5.92. The molecule has 7 nitrogen and oxygen atoms in total. The monoisotopic (exact) mass is 414 g/mol. The summed E-state index contributed by atoms with van der Waals surface area (Å²) in [5.74, 6) is 0.361. The van der Waals surface area contributed by atoms with Gasteiger partial charge in [0.05, 0.1) is 30.3 Å². The molecule has 2 aromatic carbocycles. The maximum absolute atomic E-state index is 12.1. The SMILES string of the molecule is COc1ccc2nc(CC(=O)OCCN(C)C(=O)OCc3ccccc3)sc2c1. The zero-order valence-electron chi connectivity index (χ0n) is 16.3. The van der Waals surface area contributed by atoms with Gasteiger partial charge in [-0.25, -0.2) is 9.78 Å². The van der Waals surface area contributed by atoms with Gasteiger partial charge in [-0.05, 0) is 23.8 Å². The van der Waals surface area contributed by atoms with Gasteiger partial charge >= 0.3 is 12.1 Å². The van der Waals surface area contributed by atoms with Crippen LogP contribution in [0, 0.1) is 0 Å². The first kappa shape index (κ1) is 20.6. The van der Waals surface area contributed by atoms with Crippen molar-refractivity contribution in [2.45, 2.75) is 13.0 Å². The van der Waals surface area contributed by atoms with Crippen molar-refractivity contribution >= 4 is 33.6 Å². The Morgan fingerprint density at radius 2 is 1.90 bits per heavy atom. The van der Waals surface area contributed by atoms with Gasteiger partial charge in [-0.3, -0.25) is 4.79 Å². The Hall–Kier alpha value is -3.13. The molecule has 0 saturated carbocycles. The minimum absolute atomic E-state index is 0.0871. The normalized spacial score (nSPS) is 10.6. The van der Waals surface area contributed by atoms with Gasteiger partial charge in [0.25, 0.3) is 0 Å². The van der Waals surface area contributed by atoms with Crippen LogP contribution in [0.2, 0.25) is 0 Å². The average Bonchev–Trinajstić information content (AvgIpc) is 3.13. The highest BCUT2D eigenvalue weighted by Crippen LogP contribution is 2.26.